The van der Waals surface area contributed by atoms with Crippen LogP contribution in [0, 0.1) is 5.92 Å². The monoisotopic (exact) mass is 289 g/mol. The number of ether oxygens (including phenoxy) is 1. The van der Waals surface area contributed by atoms with Gasteiger partial charge in [0.2, 0.25) is 0 Å². The van der Waals surface area contributed by atoms with Gasteiger partial charge in [-0.15, -0.1) is 0 Å². The predicted octanol–water partition coefficient (Wildman–Crippen LogP) is 2.66. The standard InChI is InChI=1S/C16H23N3O2/c1-10(12-5-7-21-8-6-12)19-15-4-3-13(17)9-14(15)18-16(19)11(2)20/h3-4,9-12,20H,5-8,17H2,1-2H3. The van der Waals surface area contributed by atoms with E-state index in [0.717, 1.165) is 42.9 Å². The van der Waals surface area contributed by atoms with Crippen LogP contribution in [-0.2, 0) is 4.74 Å². The number of aliphatic hydroxyl groups excluding tert-OH is 1. The highest BCUT2D eigenvalue weighted by Gasteiger charge is 2.26. The molecule has 2 unspecified atom stereocenters. The Kier molecular flexibility index (Phi) is 3.87. The Morgan fingerprint density at radius 1 is 1.33 bits per heavy atom. The minimum absolute atomic E-state index is 0.284. The SMILES string of the molecule is CC(O)c1nc2cc(N)ccc2n1C(C)C1CCOCC1. The van der Waals surface area contributed by atoms with E-state index in [4.69, 9.17) is 10.5 Å². The van der Waals surface area contributed by atoms with Crippen LogP contribution in [0.1, 0.15) is 44.7 Å². The van der Waals surface area contributed by atoms with Crippen LogP contribution in [0.15, 0.2) is 18.2 Å². The number of hydrogen-bond donors (Lipinski definition) is 2. The summed E-state index contributed by atoms with van der Waals surface area (Å²) in [4.78, 5) is 4.59. The third-order valence-corrected chi connectivity index (χ3v) is 4.47. The number of benzene rings is 1. The molecule has 1 aromatic heterocycles. The van der Waals surface area contributed by atoms with Gasteiger partial charge >= 0.3 is 0 Å². The second kappa shape index (κ2) is 5.66. The van der Waals surface area contributed by atoms with Crippen LogP contribution in [0.5, 0.6) is 0 Å². The molecule has 1 saturated heterocycles. The van der Waals surface area contributed by atoms with Crippen molar-refractivity contribution in [3.05, 3.63) is 24.0 Å². The molecule has 5 nitrogen and oxygen atoms in total. The van der Waals surface area contributed by atoms with Crippen molar-refractivity contribution < 1.29 is 9.84 Å². The van der Waals surface area contributed by atoms with E-state index in [1.807, 2.05) is 18.2 Å². The van der Waals surface area contributed by atoms with Crippen LogP contribution in [-0.4, -0.2) is 27.9 Å². The lowest BCUT2D eigenvalue weighted by Crippen LogP contribution is -2.25. The number of imidazole rings is 1. The average Bonchev–Trinajstić information content (AvgIpc) is 2.86. The molecule has 0 bridgehead atoms. The molecular formula is C16H23N3O2. The quantitative estimate of drug-likeness (QED) is 0.852. The van der Waals surface area contributed by atoms with Crippen LogP contribution in [0.2, 0.25) is 0 Å². The number of anilines is 1. The molecule has 2 atom stereocenters. The van der Waals surface area contributed by atoms with E-state index >= 15 is 0 Å². The molecule has 3 rings (SSSR count). The summed E-state index contributed by atoms with van der Waals surface area (Å²) in [6.45, 7) is 5.61. The van der Waals surface area contributed by atoms with E-state index in [9.17, 15) is 5.11 Å². The zero-order chi connectivity index (χ0) is 15.0. The molecule has 2 heterocycles. The molecule has 5 heteroatoms. The Labute approximate surface area is 124 Å². The van der Waals surface area contributed by atoms with Crippen LogP contribution in [0.3, 0.4) is 0 Å². The number of nitrogens with two attached hydrogens (primary N) is 1. The maximum absolute atomic E-state index is 10.1. The lowest BCUT2D eigenvalue weighted by atomic mass is 9.92. The fourth-order valence-corrected chi connectivity index (χ4v) is 3.27. The Morgan fingerprint density at radius 2 is 2.05 bits per heavy atom. The molecule has 1 aromatic carbocycles. The van der Waals surface area contributed by atoms with E-state index in [-0.39, 0.29) is 6.04 Å². The van der Waals surface area contributed by atoms with Gasteiger partial charge in [0.1, 0.15) is 11.9 Å². The van der Waals surface area contributed by atoms with Crippen LogP contribution >= 0.6 is 0 Å². The lowest BCUT2D eigenvalue weighted by Gasteiger charge is -2.30. The van der Waals surface area contributed by atoms with Crippen LogP contribution < -0.4 is 5.73 Å². The fourth-order valence-electron chi connectivity index (χ4n) is 3.27. The first kappa shape index (κ1) is 14.4. The Morgan fingerprint density at radius 3 is 2.71 bits per heavy atom. The molecule has 0 radical (unpaired) electrons. The van der Waals surface area contributed by atoms with Crippen molar-refractivity contribution in [2.75, 3.05) is 18.9 Å². The second-order valence-corrected chi connectivity index (χ2v) is 5.95. The number of aliphatic hydroxyl groups is 1. The molecule has 1 aliphatic heterocycles. The first-order valence-electron chi connectivity index (χ1n) is 7.61. The van der Waals surface area contributed by atoms with Gasteiger partial charge in [-0.3, -0.25) is 0 Å². The van der Waals surface area contributed by atoms with E-state index in [0.29, 0.717) is 11.6 Å². The van der Waals surface area contributed by atoms with Crippen molar-refractivity contribution in [3.8, 4) is 0 Å². The summed E-state index contributed by atoms with van der Waals surface area (Å²) >= 11 is 0. The summed E-state index contributed by atoms with van der Waals surface area (Å²) in [5.74, 6) is 1.26. The number of fused-ring (bicyclic) bond motifs is 1. The van der Waals surface area contributed by atoms with Crippen molar-refractivity contribution in [3.63, 3.8) is 0 Å². The fraction of sp³-hybridized carbons (Fsp3) is 0.562. The zero-order valence-corrected chi connectivity index (χ0v) is 12.6. The molecule has 0 amide bonds. The van der Waals surface area contributed by atoms with Gasteiger partial charge in [0, 0.05) is 24.9 Å². The lowest BCUT2D eigenvalue weighted by molar-refractivity contribution is 0.0503. The van der Waals surface area contributed by atoms with Gasteiger partial charge in [0.15, 0.2) is 0 Å². The molecule has 2 aromatic rings. The van der Waals surface area contributed by atoms with Crippen molar-refractivity contribution in [2.24, 2.45) is 5.92 Å². The zero-order valence-electron chi connectivity index (χ0n) is 12.6. The Balaban J connectivity index is 2.07. The van der Waals surface area contributed by atoms with E-state index in [1.54, 1.807) is 6.92 Å². The van der Waals surface area contributed by atoms with Gasteiger partial charge in [0.25, 0.3) is 0 Å². The van der Waals surface area contributed by atoms with Gasteiger partial charge in [-0.05, 0) is 50.8 Å². The molecule has 1 fully saturated rings. The van der Waals surface area contributed by atoms with Crippen molar-refractivity contribution in [1.29, 1.82) is 0 Å². The normalized spacial score (nSPS) is 19.8. The average molecular weight is 289 g/mol. The summed E-state index contributed by atoms with van der Waals surface area (Å²) in [6, 6.07) is 6.05. The van der Waals surface area contributed by atoms with E-state index in [1.165, 1.54) is 0 Å². The van der Waals surface area contributed by atoms with Gasteiger partial charge in [-0.2, -0.15) is 0 Å². The number of rotatable bonds is 3. The molecular weight excluding hydrogens is 266 g/mol. The third kappa shape index (κ3) is 2.63. The highest BCUT2D eigenvalue weighted by Crippen LogP contribution is 2.33. The molecule has 114 valence electrons. The molecule has 21 heavy (non-hydrogen) atoms. The number of nitrogen functional groups attached to an aromatic ring is 1. The topological polar surface area (TPSA) is 73.3 Å². The summed E-state index contributed by atoms with van der Waals surface area (Å²) in [5, 5.41) is 10.1. The van der Waals surface area contributed by atoms with Crippen molar-refractivity contribution in [2.45, 2.75) is 38.8 Å². The predicted molar refractivity (Wildman–Crippen MR) is 83.0 cm³/mol. The van der Waals surface area contributed by atoms with Gasteiger partial charge in [-0.1, -0.05) is 0 Å². The Hall–Kier alpha value is -1.59. The summed E-state index contributed by atoms with van der Waals surface area (Å²) in [5.41, 5.74) is 8.44. The highest BCUT2D eigenvalue weighted by atomic mass is 16.5. The molecule has 1 aliphatic rings. The summed E-state index contributed by atoms with van der Waals surface area (Å²) < 4.78 is 7.63. The minimum atomic E-state index is -0.596. The molecule has 0 saturated carbocycles. The largest absolute Gasteiger partial charge is 0.399 e. The first-order chi connectivity index (χ1) is 10.1. The minimum Gasteiger partial charge on any atom is -0.399 e. The summed E-state index contributed by atoms with van der Waals surface area (Å²) in [7, 11) is 0. The molecule has 3 N–H and O–H groups in total. The maximum atomic E-state index is 10.1. The van der Waals surface area contributed by atoms with Gasteiger partial charge in [-0.25, -0.2) is 4.98 Å². The van der Waals surface area contributed by atoms with Crippen molar-refractivity contribution in [1.82, 2.24) is 9.55 Å². The van der Waals surface area contributed by atoms with E-state index in [2.05, 4.69) is 16.5 Å². The highest BCUT2D eigenvalue weighted by molar-refractivity contribution is 5.80. The number of aromatic nitrogens is 2. The molecule has 0 aliphatic carbocycles. The second-order valence-electron chi connectivity index (χ2n) is 5.95. The molecule has 0 spiro atoms. The first-order valence-corrected chi connectivity index (χ1v) is 7.61. The smallest absolute Gasteiger partial charge is 0.138 e. The van der Waals surface area contributed by atoms with Crippen molar-refractivity contribution >= 4 is 16.7 Å². The Bertz CT molecular complexity index is 630. The third-order valence-electron chi connectivity index (χ3n) is 4.47. The van der Waals surface area contributed by atoms with Crippen LogP contribution in [0.25, 0.3) is 11.0 Å². The van der Waals surface area contributed by atoms with Crippen LogP contribution in [0.4, 0.5) is 5.69 Å². The summed E-state index contributed by atoms with van der Waals surface area (Å²) in [6.07, 6.45) is 1.50. The number of nitrogens with zero attached hydrogens (tertiary/aromatic N) is 2. The van der Waals surface area contributed by atoms with Gasteiger partial charge in [0.05, 0.1) is 11.0 Å². The van der Waals surface area contributed by atoms with Gasteiger partial charge < -0.3 is 20.1 Å². The maximum Gasteiger partial charge on any atom is 0.138 e. The van der Waals surface area contributed by atoms with E-state index < -0.39 is 6.10 Å². The number of hydrogen-bond acceptors (Lipinski definition) is 4.